The predicted octanol–water partition coefficient (Wildman–Crippen LogP) is 3.99. The highest BCUT2D eigenvalue weighted by Gasteiger charge is 2.11. The van der Waals surface area contributed by atoms with Crippen LogP contribution in [-0.4, -0.2) is 19.1 Å². The van der Waals surface area contributed by atoms with Crippen LogP contribution in [0.5, 0.6) is 0 Å². The molecule has 0 saturated heterocycles. The number of nitrogens with one attached hydrogen (secondary N) is 1. The van der Waals surface area contributed by atoms with Crippen LogP contribution in [0.4, 0.5) is 0 Å². The summed E-state index contributed by atoms with van der Waals surface area (Å²) in [7, 11) is 0. The van der Waals surface area contributed by atoms with E-state index in [9.17, 15) is 0 Å². The van der Waals surface area contributed by atoms with E-state index in [0.717, 1.165) is 12.6 Å². The lowest BCUT2D eigenvalue weighted by atomic mass is 9.95. The summed E-state index contributed by atoms with van der Waals surface area (Å²) in [6.45, 7) is 2.12. The zero-order valence-electron chi connectivity index (χ0n) is 12.3. The van der Waals surface area contributed by atoms with Crippen LogP contribution in [0, 0.1) is 0 Å². The second kappa shape index (κ2) is 12.0. The standard InChI is InChI=1S/C16H34N2/c17-14-10-5-3-1-2-4-6-11-15-18-16-12-8-7-9-13-16/h16,18H,1-15,17H2. The maximum absolute atomic E-state index is 5.48. The first kappa shape index (κ1) is 16.0. The molecule has 1 saturated carbocycles. The second-order valence-corrected chi connectivity index (χ2v) is 5.91. The van der Waals surface area contributed by atoms with Crippen LogP contribution in [0.15, 0.2) is 0 Å². The minimum Gasteiger partial charge on any atom is -0.330 e. The topological polar surface area (TPSA) is 38.0 Å². The van der Waals surface area contributed by atoms with E-state index in [2.05, 4.69) is 5.32 Å². The molecule has 1 fully saturated rings. The lowest BCUT2D eigenvalue weighted by Crippen LogP contribution is -2.31. The molecule has 0 spiro atoms. The maximum atomic E-state index is 5.48. The van der Waals surface area contributed by atoms with Gasteiger partial charge >= 0.3 is 0 Å². The van der Waals surface area contributed by atoms with Crippen LogP contribution >= 0.6 is 0 Å². The van der Waals surface area contributed by atoms with Crippen molar-refractivity contribution in [2.24, 2.45) is 5.73 Å². The van der Waals surface area contributed by atoms with Crippen LogP contribution in [0.2, 0.25) is 0 Å². The average Bonchev–Trinajstić information content (AvgIpc) is 2.42. The summed E-state index contributed by atoms with van der Waals surface area (Å²) in [5.74, 6) is 0. The SMILES string of the molecule is NCCCCCCCCCCNC1CCCCC1. The quantitative estimate of drug-likeness (QED) is 0.547. The molecule has 1 aliphatic rings. The van der Waals surface area contributed by atoms with Gasteiger partial charge in [-0.15, -0.1) is 0 Å². The zero-order valence-corrected chi connectivity index (χ0v) is 12.3. The normalized spacial score (nSPS) is 17.2. The molecule has 18 heavy (non-hydrogen) atoms. The molecule has 0 atom stereocenters. The number of unbranched alkanes of at least 4 members (excludes halogenated alkanes) is 7. The van der Waals surface area contributed by atoms with Crippen molar-refractivity contribution in [3.8, 4) is 0 Å². The van der Waals surface area contributed by atoms with Gasteiger partial charge in [-0.05, 0) is 38.8 Å². The number of hydrogen-bond acceptors (Lipinski definition) is 2. The van der Waals surface area contributed by atoms with Gasteiger partial charge in [-0.1, -0.05) is 57.8 Å². The summed E-state index contributed by atoms with van der Waals surface area (Å²) in [5, 5.41) is 3.73. The van der Waals surface area contributed by atoms with Crippen molar-refractivity contribution < 1.29 is 0 Å². The van der Waals surface area contributed by atoms with Crippen molar-refractivity contribution >= 4 is 0 Å². The molecule has 0 radical (unpaired) electrons. The van der Waals surface area contributed by atoms with Crippen molar-refractivity contribution in [1.29, 1.82) is 0 Å². The molecule has 1 rings (SSSR count). The van der Waals surface area contributed by atoms with Crippen LogP contribution in [0.25, 0.3) is 0 Å². The molecule has 108 valence electrons. The average molecular weight is 254 g/mol. The van der Waals surface area contributed by atoms with Crippen LogP contribution in [0.1, 0.15) is 83.5 Å². The Morgan fingerprint density at radius 1 is 0.722 bits per heavy atom. The monoisotopic (exact) mass is 254 g/mol. The largest absolute Gasteiger partial charge is 0.330 e. The fraction of sp³-hybridized carbons (Fsp3) is 1.00. The van der Waals surface area contributed by atoms with Crippen LogP contribution in [0.3, 0.4) is 0 Å². The summed E-state index contributed by atoms with van der Waals surface area (Å²) >= 11 is 0. The summed E-state index contributed by atoms with van der Waals surface area (Å²) in [5.41, 5.74) is 5.48. The van der Waals surface area contributed by atoms with Gasteiger partial charge in [-0.25, -0.2) is 0 Å². The van der Waals surface area contributed by atoms with Gasteiger partial charge in [0.15, 0.2) is 0 Å². The third-order valence-corrected chi connectivity index (χ3v) is 4.17. The first-order valence-electron chi connectivity index (χ1n) is 8.37. The van der Waals surface area contributed by atoms with Gasteiger partial charge in [0.2, 0.25) is 0 Å². The highest BCUT2D eigenvalue weighted by Crippen LogP contribution is 2.17. The van der Waals surface area contributed by atoms with Gasteiger partial charge < -0.3 is 11.1 Å². The second-order valence-electron chi connectivity index (χ2n) is 5.91. The molecule has 1 aliphatic carbocycles. The van der Waals surface area contributed by atoms with Crippen molar-refractivity contribution in [3.05, 3.63) is 0 Å². The Morgan fingerprint density at radius 2 is 1.28 bits per heavy atom. The maximum Gasteiger partial charge on any atom is 0.00670 e. The van der Waals surface area contributed by atoms with Gasteiger partial charge in [0.1, 0.15) is 0 Å². The van der Waals surface area contributed by atoms with E-state index in [1.54, 1.807) is 0 Å². The molecular weight excluding hydrogens is 220 g/mol. The van der Waals surface area contributed by atoms with Gasteiger partial charge in [0.25, 0.3) is 0 Å². The molecule has 2 heteroatoms. The van der Waals surface area contributed by atoms with E-state index in [4.69, 9.17) is 5.73 Å². The predicted molar refractivity (Wildman–Crippen MR) is 80.9 cm³/mol. The summed E-state index contributed by atoms with van der Waals surface area (Å²) in [6, 6.07) is 0.843. The lowest BCUT2D eigenvalue weighted by molar-refractivity contribution is 0.369. The van der Waals surface area contributed by atoms with E-state index in [1.807, 2.05) is 0 Å². The summed E-state index contributed by atoms with van der Waals surface area (Å²) in [4.78, 5) is 0. The minimum atomic E-state index is 0.843. The number of nitrogens with two attached hydrogens (primary N) is 1. The van der Waals surface area contributed by atoms with Gasteiger partial charge in [0.05, 0.1) is 0 Å². The van der Waals surface area contributed by atoms with Gasteiger partial charge in [-0.3, -0.25) is 0 Å². The first-order chi connectivity index (χ1) is 8.93. The van der Waals surface area contributed by atoms with Gasteiger partial charge in [0, 0.05) is 6.04 Å². The Morgan fingerprint density at radius 3 is 1.89 bits per heavy atom. The number of rotatable bonds is 11. The molecule has 0 aromatic heterocycles. The molecule has 0 heterocycles. The Labute approximate surface area is 114 Å². The third-order valence-electron chi connectivity index (χ3n) is 4.17. The van der Waals surface area contributed by atoms with E-state index >= 15 is 0 Å². The van der Waals surface area contributed by atoms with Crippen molar-refractivity contribution in [3.63, 3.8) is 0 Å². The molecule has 0 aliphatic heterocycles. The highest BCUT2D eigenvalue weighted by atomic mass is 14.9. The fourth-order valence-corrected chi connectivity index (χ4v) is 2.94. The van der Waals surface area contributed by atoms with E-state index in [1.165, 1.54) is 90.0 Å². The van der Waals surface area contributed by atoms with Crippen molar-refractivity contribution in [2.45, 2.75) is 89.5 Å². The number of hydrogen-bond donors (Lipinski definition) is 2. The molecule has 2 nitrogen and oxygen atoms in total. The molecule has 0 unspecified atom stereocenters. The Balaban J connectivity index is 1.73. The minimum absolute atomic E-state index is 0.843. The van der Waals surface area contributed by atoms with E-state index in [-0.39, 0.29) is 0 Å². The first-order valence-corrected chi connectivity index (χ1v) is 8.37. The van der Waals surface area contributed by atoms with Crippen molar-refractivity contribution in [1.82, 2.24) is 5.32 Å². The van der Waals surface area contributed by atoms with E-state index in [0.29, 0.717) is 0 Å². The van der Waals surface area contributed by atoms with E-state index < -0.39 is 0 Å². The molecule has 0 amide bonds. The lowest BCUT2D eigenvalue weighted by Gasteiger charge is -2.22. The molecule has 0 aromatic rings. The Hall–Kier alpha value is -0.0800. The molecular formula is C16H34N2. The molecule has 3 N–H and O–H groups in total. The van der Waals surface area contributed by atoms with Gasteiger partial charge in [-0.2, -0.15) is 0 Å². The molecule has 0 bridgehead atoms. The third kappa shape index (κ3) is 8.93. The summed E-state index contributed by atoms with van der Waals surface area (Å²) < 4.78 is 0. The zero-order chi connectivity index (χ0) is 12.9. The highest BCUT2D eigenvalue weighted by molar-refractivity contribution is 4.71. The van der Waals surface area contributed by atoms with Crippen LogP contribution in [-0.2, 0) is 0 Å². The smallest absolute Gasteiger partial charge is 0.00670 e. The fourth-order valence-electron chi connectivity index (χ4n) is 2.94. The van der Waals surface area contributed by atoms with Crippen molar-refractivity contribution in [2.75, 3.05) is 13.1 Å². The van der Waals surface area contributed by atoms with Crippen LogP contribution < -0.4 is 11.1 Å². The molecule has 0 aromatic carbocycles. The Bertz CT molecular complexity index is 164. The Kier molecular flexibility index (Phi) is 10.6. The summed E-state index contributed by atoms with van der Waals surface area (Å²) in [6.07, 6.45) is 18.2.